The minimum Gasteiger partial charge on any atom is -0.497 e. The monoisotopic (exact) mass is 591 g/mol. The van der Waals surface area contributed by atoms with Crippen LogP contribution in [0.15, 0.2) is 72.8 Å². The molecule has 0 heterocycles. The van der Waals surface area contributed by atoms with Gasteiger partial charge in [-0.2, -0.15) is 0 Å². The number of ether oxygens (including phenoxy) is 1. The van der Waals surface area contributed by atoms with E-state index in [1.807, 2.05) is 30.3 Å². The maximum atomic E-state index is 14.0. The normalized spacial score (nSPS) is 11.9. The third-order valence-electron chi connectivity index (χ3n) is 6.02. The Hall–Kier alpha value is -3.27. The number of hydrogen-bond donors (Lipinski definition) is 1. The third kappa shape index (κ3) is 8.36. The summed E-state index contributed by atoms with van der Waals surface area (Å²) in [4.78, 5) is 28.7. The minimum atomic E-state index is -3.87. The lowest BCUT2D eigenvalue weighted by atomic mass is 10.0. The molecule has 8 nitrogen and oxygen atoms in total. The van der Waals surface area contributed by atoms with E-state index >= 15 is 0 Å². The molecule has 1 atom stereocenters. The second-order valence-electron chi connectivity index (χ2n) is 8.83. The van der Waals surface area contributed by atoms with E-state index in [2.05, 4.69) is 5.32 Å². The first-order valence-electron chi connectivity index (χ1n) is 12.2. The smallest absolute Gasteiger partial charge is 0.244 e. The molecule has 3 aromatic carbocycles. The van der Waals surface area contributed by atoms with Crippen LogP contribution in [0, 0.1) is 0 Å². The van der Waals surface area contributed by atoms with E-state index in [9.17, 15) is 18.0 Å². The molecule has 1 N–H and O–H groups in total. The number of amides is 2. The summed E-state index contributed by atoms with van der Waals surface area (Å²) in [5.41, 5.74) is 1.68. The molecule has 3 rings (SSSR count). The number of carbonyl (C=O) groups excluding carboxylic acids is 2. The molecule has 0 unspecified atom stereocenters. The van der Waals surface area contributed by atoms with E-state index in [0.717, 1.165) is 16.1 Å². The van der Waals surface area contributed by atoms with Gasteiger partial charge in [0.15, 0.2) is 0 Å². The average Bonchev–Trinajstić information content (AvgIpc) is 2.90. The molecular formula is C28H31Cl2N3O5S. The number of benzene rings is 3. The summed E-state index contributed by atoms with van der Waals surface area (Å²) in [7, 11) is -2.37. The summed E-state index contributed by atoms with van der Waals surface area (Å²) in [6, 6.07) is 19.5. The Labute approximate surface area is 239 Å². The number of halogens is 2. The van der Waals surface area contributed by atoms with Gasteiger partial charge in [0.25, 0.3) is 0 Å². The first kappa shape index (κ1) is 30.3. The van der Waals surface area contributed by atoms with Crippen molar-refractivity contribution in [3.8, 4) is 5.75 Å². The summed E-state index contributed by atoms with van der Waals surface area (Å²) in [6.07, 6.45) is 1.24. The maximum Gasteiger partial charge on any atom is 0.244 e. The highest BCUT2D eigenvalue weighted by Crippen LogP contribution is 2.26. The highest BCUT2D eigenvalue weighted by Gasteiger charge is 2.33. The summed E-state index contributed by atoms with van der Waals surface area (Å²) in [5, 5.41) is 3.55. The summed E-state index contributed by atoms with van der Waals surface area (Å²) < 4.78 is 31.8. The van der Waals surface area contributed by atoms with Gasteiger partial charge in [-0.3, -0.25) is 13.9 Å². The third-order valence-corrected chi connectivity index (χ3v) is 7.75. The summed E-state index contributed by atoms with van der Waals surface area (Å²) in [5.74, 6) is -0.402. The molecular weight excluding hydrogens is 561 g/mol. The van der Waals surface area contributed by atoms with Crippen LogP contribution in [-0.4, -0.2) is 57.6 Å². The highest BCUT2D eigenvalue weighted by atomic mass is 35.5. The molecule has 0 radical (unpaired) electrons. The van der Waals surface area contributed by atoms with E-state index in [1.54, 1.807) is 49.4 Å². The van der Waals surface area contributed by atoms with Crippen LogP contribution in [0.25, 0.3) is 0 Å². The van der Waals surface area contributed by atoms with Gasteiger partial charge in [-0.25, -0.2) is 8.42 Å². The van der Waals surface area contributed by atoms with Crippen LogP contribution in [-0.2, 0) is 32.6 Å². The molecule has 208 valence electrons. The molecule has 0 bridgehead atoms. The van der Waals surface area contributed by atoms with Crippen LogP contribution in [0.2, 0.25) is 10.0 Å². The zero-order valence-corrected chi connectivity index (χ0v) is 24.3. The zero-order valence-electron chi connectivity index (χ0n) is 21.9. The van der Waals surface area contributed by atoms with Crippen LogP contribution >= 0.6 is 23.2 Å². The quantitative estimate of drug-likeness (QED) is 0.333. The number of hydrogen-bond acceptors (Lipinski definition) is 5. The first-order valence-corrected chi connectivity index (χ1v) is 14.8. The van der Waals surface area contributed by atoms with Crippen LogP contribution in [0.4, 0.5) is 5.69 Å². The van der Waals surface area contributed by atoms with Crippen LogP contribution in [0.1, 0.15) is 18.1 Å². The van der Waals surface area contributed by atoms with Crippen molar-refractivity contribution in [3.05, 3.63) is 94.0 Å². The van der Waals surface area contributed by atoms with Gasteiger partial charge >= 0.3 is 0 Å². The molecule has 0 saturated carbocycles. The molecule has 0 aliphatic carbocycles. The molecule has 2 amide bonds. The van der Waals surface area contributed by atoms with Gasteiger partial charge in [0.1, 0.15) is 18.3 Å². The van der Waals surface area contributed by atoms with Crippen molar-refractivity contribution < 1.29 is 22.7 Å². The van der Waals surface area contributed by atoms with E-state index in [4.69, 9.17) is 27.9 Å². The number of nitrogens with one attached hydrogen (secondary N) is 1. The van der Waals surface area contributed by atoms with Crippen molar-refractivity contribution in [3.63, 3.8) is 0 Å². The second-order valence-corrected chi connectivity index (χ2v) is 11.6. The number of likely N-dealkylation sites (N-methyl/N-ethyl adjacent to an activating group) is 1. The predicted octanol–water partition coefficient (Wildman–Crippen LogP) is 4.54. The molecule has 3 aromatic rings. The van der Waals surface area contributed by atoms with Gasteiger partial charge < -0.3 is 15.0 Å². The van der Waals surface area contributed by atoms with E-state index in [-0.39, 0.29) is 24.6 Å². The topological polar surface area (TPSA) is 96.0 Å². The lowest BCUT2D eigenvalue weighted by molar-refractivity contribution is -0.140. The summed E-state index contributed by atoms with van der Waals surface area (Å²) in [6.45, 7) is 1.58. The highest BCUT2D eigenvalue weighted by molar-refractivity contribution is 7.92. The van der Waals surface area contributed by atoms with Gasteiger partial charge in [0.2, 0.25) is 21.8 Å². The molecule has 0 spiro atoms. The fraction of sp³-hybridized carbons (Fsp3) is 0.286. The van der Waals surface area contributed by atoms with E-state index < -0.39 is 28.5 Å². The Morgan fingerprint density at radius 1 is 1.00 bits per heavy atom. The lowest BCUT2D eigenvalue weighted by Gasteiger charge is -2.33. The standard InChI is InChI=1S/C28H31Cl2N3O5S/c1-4-31-28(35)26(16-20-8-6-5-7-9-20)32(18-21-10-11-22(29)17-25(21)30)27(34)19-33(39(3,36)37)23-12-14-24(38-2)15-13-23/h5-15,17,26H,4,16,18-19H2,1-3H3,(H,31,35)/t26-/m1/s1. The van der Waals surface area contributed by atoms with Crippen molar-refractivity contribution in [1.29, 1.82) is 0 Å². The van der Waals surface area contributed by atoms with Gasteiger partial charge in [0, 0.05) is 29.6 Å². The van der Waals surface area contributed by atoms with Crippen molar-refractivity contribution in [2.24, 2.45) is 0 Å². The first-order chi connectivity index (χ1) is 18.5. The largest absolute Gasteiger partial charge is 0.497 e. The van der Waals surface area contributed by atoms with Gasteiger partial charge in [-0.15, -0.1) is 0 Å². The molecule has 11 heteroatoms. The fourth-order valence-electron chi connectivity index (χ4n) is 4.04. The van der Waals surface area contributed by atoms with Crippen LogP contribution in [0.5, 0.6) is 5.75 Å². The zero-order chi connectivity index (χ0) is 28.6. The Bertz CT molecular complexity index is 1390. The summed E-state index contributed by atoms with van der Waals surface area (Å²) >= 11 is 12.5. The predicted molar refractivity (Wildman–Crippen MR) is 155 cm³/mol. The Morgan fingerprint density at radius 3 is 2.23 bits per heavy atom. The SMILES string of the molecule is CCNC(=O)[C@@H](Cc1ccccc1)N(Cc1ccc(Cl)cc1Cl)C(=O)CN(c1ccc(OC)cc1)S(C)(=O)=O. The fourth-order valence-corrected chi connectivity index (χ4v) is 5.36. The molecule has 0 aromatic heterocycles. The average molecular weight is 593 g/mol. The van der Waals surface area contributed by atoms with E-state index in [0.29, 0.717) is 27.9 Å². The molecule has 0 aliphatic heterocycles. The number of methoxy groups -OCH3 is 1. The maximum absolute atomic E-state index is 14.0. The number of rotatable bonds is 12. The van der Waals surface area contributed by atoms with Crippen molar-refractivity contribution in [2.45, 2.75) is 25.9 Å². The Morgan fingerprint density at radius 2 is 1.67 bits per heavy atom. The molecule has 0 aliphatic rings. The van der Waals surface area contributed by atoms with Crippen molar-refractivity contribution in [2.75, 3.05) is 30.8 Å². The number of nitrogens with zero attached hydrogens (tertiary/aromatic N) is 2. The molecule has 0 fully saturated rings. The van der Waals surface area contributed by atoms with Gasteiger partial charge in [0.05, 0.1) is 19.1 Å². The minimum absolute atomic E-state index is 0.0380. The number of anilines is 1. The van der Waals surface area contributed by atoms with Crippen molar-refractivity contribution in [1.82, 2.24) is 10.2 Å². The lowest BCUT2D eigenvalue weighted by Crippen LogP contribution is -2.53. The Balaban J connectivity index is 2.05. The van der Waals surface area contributed by atoms with E-state index in [1.165, 1.54) is 12.0 Å². The molecule has 39 heavy (non-hydrogen) atoms. The number of carbonyl (C=O) groups is 2. The van der Waals surface area contributed by atoms with Crippen molar-refractivity contribution >= 4 is 50.7 Å². The van der Waals surface area contributed by atoms with Crippen LogP contribution < -0.4 is 14.4 Å². The van der Waals surface area contributed by atoms with Gasteiger partial charge in [-0.05, 0) is 54.4 Å². The van der Waals surface area contributed by atoms with Crippen LogP contribution in [0.3, 0.4) is 0 Å². The van der Waals surface area contributed by atoms with Gasteiger partial charge in [-0.1, -0.05) is 59.6 Å². The Kier molecular flexibility index (Phi) is 10.6. The number of sulfonamides is 1. The molecule has 0 saturated heterocycles. The second kappa shape index (κ2) is 13.7.